The molecule has 1 aromatic heterocycles. The van der Waals surface area contributed by atoms with E-state index >= 15 is 0 Å². The van der Waals surface area contributed by atoms with Crippen molar-refractivity contribution < 1.29 is 0 Å². The first-order valence-electron chi connectivity index (χ1n) is 8.89. The molecule has 4 rings (SSSR count). The number of anilines is 1. The lowest BCUT2D eigenvalue weighted by atomic mass is 10.0. The highest BCUT2D eigenvalue weighted by molar-refractivity contribution is 5.58. The molecule has 3 N–H and O–H groups in total. The molecule has 0 unspecified atom stereocenters. The zero-order chi connectivity index (χ0) is 18.8. The molecule has 0 aliphatic carbocycles. The van der Waals surface area contributed by atoms with Gasteiger partial charge in [0.1, 0.15) is 5.82 Å². The smallest absolute Gasteiger partial charge is 0.255 e. The number of nitrogens with zero attached hydrogens (tertiary/aromatic N) is 2. The van der Waals surface area contributed by atoms with Gasteiger partial charge in [0.05, 0.1) is 11.3 Å². The SMILES string of the molecule is C#Cc1ccccc1CN1CCc2nc(-c3ccc(N)cc3)[nH]c(=O)c2C1. The zero-order valence-corrected chi connectivity index (χ0v) is 14.9. The fourth-order valence-electron chi connectivity index (χ4n) is 3.43. The summed E-state index contributed by atoms with van der Waals surface area (Å²) in [6.45, 7) is 2.13. The van der Waals surface area contributed by atoms with E-state index in [1.54, 1.807) is 12.1 Å². The van der Waals surface area contributed by atoms with E-state index in [0.717, 1.165) is 47.5 Å². The van der Waals surface area contributed by atoms with Crippen LogP contribution in [0.5, 0.6) is 0 Å². The zero-order valence-electron chi connectivity index (χ0n) is 14.9. The van der Waals surface area contributed by atoms with Crippen molar-refractivity contribution in [3.63, 3.8) is 0 Å². The number of benzene rings is 2. The van der Waals surface area contributed by atoms with Gasteiger partial charge in [0.2, 0.25) is 0 Å². The highest BCUT2D eigenvalue weighted by Gasteiger charge is 2.22. The summed E-state index contributed by atoms with van der Waals surface area (Å²) in [5.74, 6) is 3.32. The van der Waals surface area contributed by atoms with Crippen LogP contribution in [0, 0.1) is 12.3 Å². The second-order valence-corrected chi connectivity index (χ2v) is 6.72. The maximum absolute atomic E-state index is 12.7. The third-order valence-electron chi connectivity index (χ3n) is 4.90. The van der Waals surface area contributed by atoms with Crippen LogP contribution in [-0.4, -0.2) is 21.4 Å². The number of aromatic amines is 1. The lowest BCUT2D eigenvalue weighted by Gasteiger charge is -2.28. The van der Waals surface area contributed by atoms with Gasteiger partial charge in [0.25, 0.3) is 5.56 Å². The summed E-state index contributed by atoms with van der Waals surface area (Å²) < 4.78 is 0. The maximum Gasteiger partial charge on any atom is 0.255 e. The van der Waals surface area contributed by atoms with Gasteiger partial charge in [-0.25, -0.2) is 4.98 Å². The number of nitrogens with one attached hydrogen (secondary N) is 1. The second-order valence-electron chi connectivity index (χ2n) is 6.72. The molecule has 1 aliphatic rings. The summed E-state index contributed by atoms with van der Waals surface area (Å²) in [4.78, 5) is 22.5. The van der Waals surface area contributed by atoms with E-state index in [4.69, 9.17) is 17.1 Å². The third-order valence-corrected chi connectivity index (χ3v) is 4.90. The normalized spacial score (nSPS) is 13.7. The van der Waals surface area contributed by atoms with Crippen LogP contribution in [0.3, 0.4) is 0 Å². The molecule has 3 aromatic rings. The van der Waals surface area contributed by atoms with Crippen molar-refractivity contribution in [3.05, 3.63) is 81.3 Å². The first kappa shape index (κ1) is 17.1. The molecule has 2 heterocycles. The number of fused-ring (bicyclic) bond motifs is 1. The summed E-state index contributed by atoms with van der Waals surface area (Å²) in [6.07, 6.45) is 6.33. The van der Waals surface area contributed by atoms with Crippen molar-refractivity contribution in [2.75, 3.05) is 12.3 Å². The highest BCUT2D eigenvalue weighted by Crippen LogP contribution is 2.21. The molecular weight excluding hydrogens is 336 g/mol. The van der Waals surface area contributed by atoms with Crippen molar-refractivity contribution in [1.29, 1.82) is 0 Å². The molecule has 1 aliphatic heterocycles. The Labute approximate surface area is 157 Å². The Morgan fingerprint density at radius 3 is 2.74 bits per heavy atom. The van der Waals surface area contributed by atoms with Crippen LogP contribution in [0.4, 0.5) is 5.69 Å². The summed E-state index contributed by atoms with van der Waals surface area (Å²) in [5, 5.41) is 0. The predicted octanol–water partition coefficient (Wildman–Crippen LogP) is 2.56. The number of H-pyrrole nitrogens is 1. The van der Waals surface area contributed by atoms with Gasteiger partial charge in [-0.2, -0.15) is 0 Å². The van der Waals surface area contributed by atoms with Crippen LogP contribution in [0.1, 0.15) is 22.4 Å². The van der Waals surface area contributed by atoms with Crippen molar-refractivity contribution in [1.82, 2.24) is 14.9 Å². The van der Waals surface area contributed by atoms with Crippen LogP contribution in [0.2, 0.25) is 0 Å². The molecule has 5 heteroatoms. The Bertz CT molecular complexity index is 1080. The molecule has 5 nitrogen and oxygen atoms in total. The van der Waals surface area contributed by atoms with Gasteiger partial charge in [-0.05, 0) is 35.9 Å². The third kappa shape index (κ3) is 3.48. The Morgan fingerprint density at radius 1 is 1.19 bits per heavy atom. The number of aromatic nitrogens is 2. The monoisotopic (exact) mass is 356 g/mol. The first-order chi connectivity index (χ1) is 13.1. The Hall–Kier alpha value is -3.36. The summed E-state index contributed by atoms with van der Waals surface area (Å²) in [6, 6.07) is 15.3. The van der Waals surface area contributed by atoms with E-state index < -0.39 is 0 Å². The minimum atomic E-state index is -0.0817. The van der Waals surface area contributed by atoms with E-state index in [1.165, 1.54) is 0 Å². The minimum Gasteiger partial charge on any atom is -0.399 e. The Balaban J connectivity index is 1.59. The molecule has 0 saturated carbocycles. The molecular formula is C22H20N4O. The lowest BCUT2D eigenvalue weighted by molar-refractivity contribution is 0.241. The summed E-state index contributed by atoms with van der Waals surface area (Å²) >= 11 is 0. The average molecular weight is 356 g/mol. The minimum absolute atomic E-state index is 0.0817. The highest BCUT2D eigenvalue weighted by atomic mass is 16.1. The van der Waals surface area contributed by atoms with Crippen molar-refractivity contribution in [3.8, 4) is 23.7 Å². The quantitative estimate of drug-likeness (QED) is 0.559. The molecule has 27 heavy (non-hydrogen) atoms. The number of hydrogen-bond donors (Lipinski definition) is 2. The van der Waals surface area contributed by atoms with E-state index in [1.807, 2.05) is 36.4 Å². The average Bonchev–Trinajstić information content (AvgIpc) is 2.69. The van der Waals surface area contributed by atoms with Crippen LogP contribution < -0.4 is 11.3 Å². The van der Waals surface area contributed by atoms with E-state index in [2.05, 4.69) is 15.8 Å². The van der Waals surface area contributed by atoms with Crippen molar-refractivity contribution >= 4 is 5.69 Å². The second kappa shape index (κ2) is 7.10. The van der Waals surface area contributed by atoms with Crippen LogP contribution in [0.15, 0.2) is 53.3 Å². The topological polar surface area (TPSA) is 75.0 Å². The van der Waals surface area contributed by atoms with Crippen molar-refractivity contribution in [2.24, 2.45) is 0 Å². The largest absolute Gasteiger partial charge is 0.399 e. The Kier molecular flexibility index (Phi) is 4.49. The van der Waals surface area contributed by atoms with Gasteiger partial charge in [0.15, 0.2) is 0 Å². The number of rotatable bonds is 3. The van der Waals surface area contributed by atoms with Gasteiger partial charge in [-0.1, -0.05) is 24.1 Å². The molecule has 0 amide bonds. The Morgan fingerprint density at radius 2 is 1.96 bits per heavy atom. The van der Waals surface area contributed by atoms with E-state index in [-0.39, 0.29) is 5.56 Å². The number of terminal acetylenes is 1. The lowest BCUT2D eigenvalue weighted by Crippen LogP contribution is -2.35. The molecule has 0 radical (unpaired) electrons. The van der Waals surface area contributed by atoms with Crippen LogP contribution >= 0.6 is 0 Å². The van der Waals surface area contributed by atoms with Crippen LogP contribution in [-0.2, 0) is 19.5 Å². The van der Waals surface area contributed by atoms with Gasteiger partial charge < -0.3 is 10.7 Å². The van der Waals surface area contributed by atoms with Gasteiger partial charge in [-0.3, -0.25) is 9.69 Å². The maximum atomic E-state index is 12.7. The number of nitrogen functional groups attached to an aromatic ring is 1. The van der Waals surface area contributed by atoms with Gasteiger partial charge in [0, 0.05) is 42.9 Å². The van der Waals surface area contributed by atoms with Gasteiger partial charge in [-0.15, -0.1) is 6.42 Å². The molecule has 134 valence electrons. The fraction of sp³-hybridized carbons (Fsp3) is 0.182. The number of hydrogen-bond acceptors (Lipinski definition) is 4. The van der Waals surface area contributed by atoms with Gasteiger partial charge >= 0.3 is 0 Å². The molecule has 0 spiro atoms. The van der Waals surface area contributed by atoms with Crippen molar-refractivity contribution in [2.45, 2.75) is 19.5 Å². The van der Waals surface area contributed by atoms with E-state index in [9.17, 15) is 4.79 Å². The molecule has 0 bridgehead atoms. The summed E-state index contributed by atoms with van der Waals surface area (Å²) in [5.41, 5.74) is 10.8. The summed E-state index contributed by atoms with van der Waals surface area (Å²) in [7, 11) is 0. The molecule has 0 fully saturated rings. The fourth-order valence-corrected chi connectivity index (χ4v) is 3.43. The van der Waals surface area contributed by atoms with E-state index in [0.29, 0.717) is 18.1 Å². The predicted molar refractivity (Wildman–Crippen MR) is 107 cm³/mol. The molecule has 0 atom stereocenters. The standard InChI is InChI=1S/C22H20N4O/c1-2-15-5-3-4-6-17(15)13-26-12-11-20-19(14-26)22(27)25-21(24-20)16-7-9-18(23)10-8-16/h1,3-10H,11-14,23H2,(H,24,25,27). The first-order valence-corrected chi connectivity index (χ1v) is 8.89. The molecule has 0 saturated heterocycles. The number of nitrogens with two attached hydrogens (primary N) is 1. The van der Waals surface area contributed by atoms with Crippen LogP contribution in [0.25, 0.3) is 11.4 Å². The molecule has 2 aromatic carbocycles.